The number of rotatable bonds is 2. The lowest BCUT2D eigenvalue weighted by molar-refractivity contribution is -0.660. The maximum absolute atomic E-state index is 15.4. The number of pyridine rings is 1. The fraction of sp³-hybridized carbons (Fsp3) is 0.276. The van der Waals surface area contributed by atoms with E-state index in [0.717, 1.165) is 58.0 Å². The molecule has 3 heteroatoms. The smallest absolute Gasteiger partial charge is 0.216 e. The van der Waals surface area contributed by atoms with Crippen LogP contribution in [0.3, 0.4) is 0 Å². The number of aromatic nitrogens is 1. The molecule has 0 fully saturated rings. The predicted octanol–water partition coefficient (Wildman–Crippen LogP) is 7.43. The fourth-order valence-corrected chi connectivity index (χ4v) is 5.84. The molecule has 0 aliphatic heterocycles. The van der Waals surface area contributed by atoms with Crippen LogP contribution in [-0.4, -0.2) is 0 Å². The average molecular weight is 425 g/mol. The number of nitrogens with zero attached hydrogens (tertiary/aromatic N) is 1. The molecular formula is C29H27FNO+. The number of furan rings is 1. The highest BCUT2D eigenvalue weighted by molar-refractivity contribution is 6.13. The Bertz CT molecular complexity index is 1500. The van der Waals surface area contributed by atoms with Gasteiger partial charge in [0.1, 0.15) is 24.0 Å². The van der Waals surface area contributed by atoms with Crippen LogP contribution in [0.15, 0.2) is 70.3 Å². The van der Waals surface area contributed by atoms with Gasteiger partial charge in [0.05, 0.1) is 11.1 Å². The molecule has 0 radical (unpaired) electrons. The molecule has 0 saturated heterocycles. The van der Waals surface area contributed by atoms with E-state index in [1.54, 1.807) is 6.07 Å². The third-order valence-electron chi connectivity index (χ3n) is 7.37. The highest BCUT2D eigenvalue weighted by atomic mass is 19.1. The van der Waals surface area contributed by atoms with Crippen LogP contribution in [0.1, 0.15) is 44.2 Å². The third kappa shape index (κ3) is 2.60. The van der Waals surface area contributed by atoms with Gasteiger partial charge in [-0.1, -0.05) is 37.6 Å². The predicted molar refractivity (Wildman–Crippen MR) is 128 cm³/mol. The van der Waals surface area contributed by atoms with Crippen molar-refractivity contribution in [2.75, 3.05) is 0 Å². The molecule has 0 saturated carbocycles. The van der Waals surface area contributed by atoms with E-state index in [0.29, 0.717) is 11.1 Å². The van der Waals surface area contributed by atoms with E-state index < -0.39 is 0 Å². The molecule has 0 unspecified atom stereocenters. The SMILES string of the molecule is Cc1ccc2c(oc3c(C4=CC(C)(C)C5=C4CCC5)c(F)ccc32)c1-c1cccc[n+]1C. The Hall–Kier alpha value is -3.20. The summed E-state index contributed by atoms with van der Waals surface area (Å²) in [7, 11) is 2.04. The van der Waals surface area contributed by atoms with E-state index in [1.807, 2.05) is 31.4 Å². The zero-order valence-corrected chi connectivity index (χ0v) is 19.1. The summed E-state index contributed by atoms with van der Waals surface area (Å²) in [6, 6.07) is 13.9. The first-order valence-corrected chi connectivity index (χ1v) is 11.4. The van der Waals surface area contributed by atoms with Crippen LogP contribution in [-0.2, 0) is 7.05 Å². The van der Waals surface area contributed by atoms with Crippen molar-refractivity contribution in [2.24, 2.45) is 12.5 Å². The van der Waals surface area contributed by atoms with Crippen LogP contribution in [0.4, 0.5) is 4.39 Å². The molecular weight excluding hydrogens is 397 g/mol. The number of aryl methyl sites for hydroxylation is 2. The van der Waals surface area contributed by atoms with Gasteiger partial charge in [0.25, 0.3) is 0 Å². The van der Waals surface area contributed by atoms with E-state index in [4.69, 9.17) is 4.42 Å². The first kappa shape index (κ1) is 19.5. The average Bonchev–Trinajstić information content (AvgIpc) is 3.43. The van der Waals surface area contributed by atoms with Crippen LogP contribution >= 0.6 is 0 Å². The van der Waals surface area contributed by atoms with Crippen molar-refractivity contribution in [2.45, 2.75) is 40.0 Å². The molecule has 2 aromatic heterocycles. The highest BCUT2D eigenvalue weighted by Crippen LogP contribution is 2.53. The Balaban J connectivity index is 1.69. The summed E-state index contributed by atoms with van der Waals surface area (Å²) in [5, 5.41) is 2.01. The van der Waals surface area contributed by atoms with E-state index in [2.05, 4.69) is 49.6 Å². The van der Waals surface area contributed by atoms with Gasteiger partial charge in [-0.15, -0.1) is 0 Å². The molecule has 6 rings (SSSR count). The molecule has 0 amide bonds. The lowest BCUT2D eigenvalue weighted by Gasteiger charge is -2.18. The molecule has 0 bridgehead atoms. The quantitative estimate of drug-likeness (QED) is 0.306. The molecule has 32 heavy (non-hydrogen) atoms. The van der Waals surface area contributed by atoms with Crippen molar-refractivity contribution >= 4 is 27.5 Å². The topological polar surface area (TPSA) is 17.0 Å². The maximum atomic E-state index is 15.4. The van der Waals surface area contributed by atoms with E-state index >= 15 is 4.39 Å². The molecule has 2 aliphatic carbocycles. The maximum Gasteiger partial charge on any atom is 0.216 e. The summed E-state index contributed by atoms with van der Waals surface area (Å²) in [5.41, 5.74) is 9.20. The van der Waals surface area contributed by atoms with Crippen molar-refractivity contribution in [3.05, 3.63) is 82.8 Å². The zero-order valence-electron chi connectivity index (χ0n) is 19.1. The van der Waals surface area contributed by atoms with Crippen molar-refractivity contribution in [3.8, 4) is 11.3 Å². The number of fused-ring (bicyclic) bond motifs is 3. The minimum absolute atomic E-state index is 0.0265. The van der Waals surface area contributed by atoms with Crippen LogP contribution in [0.25, 0.3) is 38.8 Å². The van der Waals surface area contributed by atoms with Gasteiger partial charge in [0.2, 0.25) is 5.69 Å². The number of allylic oxidation sites excluding steroid dienone is 4. The monoisotopic (exact) mass is 424 g/mol. The van der Waals surface area contributed by atoms with Gasteiger partial charge >= 0.3 is 0 Å². The van der Waals surface area contributed by atoms with Crippen LogP contribution in [0, 0.1) is 18.2 Å². The summed E-state index contributed by atoms with van der Waals surface area (Å²) >= 11 is 0. The summed E-state index contributed by atoms with van der Waals surface area (Å²) in [6.07, 6.45) is 7.57. The summed E-state index contributed by atoms with van der Waals surface area (Å²) in [5.74, 6) is -0.206. The third-order valence-corrected chi connectivity index (χ3v) is 7.37. The Morgan fingerprint density at radius 3 is 2.47 bits per heavy atom. The first-order valence-electron chi connectivity index (χ1n) is 11.4. The van der Waals surface area contributed by atoms with Gasteiger partial charge in [-0.3, -0.25) is 0 Å². The Kier molecular flexibility index (Phi) is 4.05. The second-order valence-corrected chi connectivity index (χ2v) is 9.82. The standard InChI is InChI=1S/C29H27FNO/c1-17-11-12-19-20-13-14-23(30)26(21-16-29(2,3)22-9-7-8-18(21)22)28(20)32-27(19)25(17)24-10-5-6-15-31(24)4/h5-6,10-16H,7-9H2,1-4H3/q+1. The summed E-state index contributed by atoms with van der Waals surface area (Å²) < 4.78 is 24.2. The van der Waals surface area contributed by atoms with E-state index in [9.17, 15) is 0 Å². The van der Waals surface area contributed by atoms with Gasteiger partial charge in [0.15, 0.2) is 6.20 Å². The van der Waals surface area contributed by atoms with Gasteiger partial charge in [0, 0.05) is 28.3 Å². The minimum atomic E-state index is -0.206. The molecule has 2 heterocycles. The first-order chi connectivity index (χ1) is 15.4. The lowest BCUT2D eigenvalue weighted by Crippen LogP contribution is -2.30. The highest BCUT2D eigenvalue weighted by Gasteiger charge is 2.37. The Morgan fingerprint density at radius 1 is 0.938 bits per heavy atom. The van der Waals surface area contributed by atoms with Gasteiger partial charge in [-0.05, 0) is 61.1 Å². The second-order valence-electron chi connectivity index (χ2n) is 9.82. The molecule has 2 aliphatic rings. The molecule has 2 nitrogen and oxygen atoms in total. The summed E-state index contributed by atoms with van der Waals surface area (Å²) in [6.45, 7) is 6.59. The molecule has 0 N–H and O–H groups in total. The summed E-state index contributed by atoms with van der Waals surface area (Å²) in [4.78, 5) is 0. The van der Waals surface area contributed by atoms with Crippen molar-refractivity contribution in [1.82, 2.24) is 0 Å². The number of hydrogen-bond donors (Lipinski definition) is 0. The number of benzene rings is 2. The second kappa shape index (κ2) is 6.65. The normalized spacial score (nSPS) is 17.5. The number of hydrogen-bond acceptors (Lipinski definition) is 1. The van der Waals surface area contributed by atoms with Gasteiger partial charge in [-0.2, -0.15) is 0 Å². The van der Waals surface area contributed by atoms with Crippen molar-refractivity contribution in [3.63, 3.8) is 0 Å². The molecule has 160 valence electrons. The largest absolute Gasteiger partial charge is 0.454 e. The minimum Gasteiger partial charge on any atom is -0.454 e. The van der Waals surface area contributed by atoms with Gasteiger partial charge in [-0.25, -0.2) is 8.96 Å². The van der Waals surface area contributed by atoms with Gasteiger partial charge < -0.3 is 4.42 Å². The molecule has 0 atom stereocenters. The fourth-order valence-electron chi connectivity index (χ4n) is 5.84. The van der Waals surface area contributed by atoms with E-state index in [1.165, 1.54) is 11.1 Å². The Morgan fingerprint density at radius 2 is 1.69 bits per heavy atom. The van der Waals surface area contributed by atoms with Crippen LogP contribution in [0.2, 0.25) is 0 Å². The zero-order chi connectivity index (χ0) is 22.2. The van der Waals surface area contributed by atoms with E-state index in [-0.39, 0.29) is 11.2 Å². The van der Waals surface area contributed by atoms with Crippen LogP contribution in [0.5, 0.6) is 0 Å². The lowest BCUT2D eigenvalue weighted by atomic mass is 9.86. The Labute approximate surface area is 187 Å². The molecule has 4 aromatic rings. The molecule has 0 spiro atoms. The van der Waals surface area contributed by atoms with Crippen LogP contribution < -0.4 is 4.57 Å². The molecule has 2 aromatic carbocycles. The van der Waals surface area contributed by atoms with Crippen molar-refractivity contribution < 1.29 is 13.4 Å². The number of halogens is 1. The van der Waals surface area contributed by atoms with Crippen molar-refractivity contribution in [1.29, 1.82) is 0 Å².